The van der Waals surface area contributed by atoms with E-state index in [2.05, 4.69) is 20.1 Å². The van der Waals surface area contributed by atoms with Crippen LogP contribution < -0.4 is 10.6 Å². The minimum Gasteiger partial charge on any atom is -0.368 e. The van der Waals surface area contributed by atoms with Crippen molar-refractivity contribution < 1.29 is 54.9 Å². The maximum atomic E-state index is 12.2. The Bertz CT molecular complexity index is 760. The van der Waals surface area contributed by atoms with Gasteiger partial charge in [0.2, 0.25) is 11.8 Å². The highest BCUT2D eigenvalue weighted by Gasteiger charge is 2.57. The van der Waals surface area contributed by atoms with Gasteiger partial charge in [-0.2, -0.15) is 0 Å². The summed E-state index contributed by atoms with van der Waals surface area (Å²) < 4.78 is 91.1. The van der Waals surface area contributed by atoms with E-state index in [1.54, 1.807) is 0 Å². The van der Waals surface area contributed by atoms with Crippen molar-refractivity contribution in [2.45, 2.75) is 93.7 Å². The third-order valence-electron chi connectivity index (χ3n) is 6.84. The summed E-state index contributed by atoms with van der Waals surface area (Å²) in [5.74, 6) is -0.539. The average molecular weight is 504 g/mol. The molecular weight excluding hydrogens is 478 g/mol. The van der Waals surface area contributed by atoms with E-state index in [0.29, 0.717) is 19.3 Å². The zero-order valence-electron chi connectivity index (χ0n) is 18.0. The fraction of sp³-hybridized carbons (Fsp3) is 0.900. The molecule has 34 heavy (non-hydrogen) atoms. The molecule has 5 aliphatic carbocycles. The average Bonchev–Trinajstić information content (AvgIpc) is 3.10. The molecule has 0 aromatic carbocycles. The summed E-state index contributed by atoms with van der Waals surface area (Å²) in [7, 11) is 0. The zero-order chi connectivity index (χ0) is 24.7. The van der Waals surface area contributed by atoms with Crippen LogP contribution in [0.3, 0.4) is 0 Å². The van der Waals surface area contributed by atoms with Crippen LogP contribution in [0, 0.1) is 5.92 Å². The molecule has 0 aliphatic heterocycles. The molecule has 0 heterocycles. The summed E-state index contributed by atoms with van der Waals surface area (Å²) >= 11 is 0. The lowest BCUT2D eigenvalue weighted by Gasteiger charge is -2.39. The van der Waals surface area contributed by atoms with Crippen molar-refractivity contribution in [1.82, 2.24) is 10.6 Å². The first-order valence-electron chi connectivity index (χ1n) is 11.1. The molecule has 14 heteroatoms. The number of amides is 2. The number of fused-ring (bicyclic) bond motifs is 1. The van der Waals surface area contributed by atoms with Gasteiger partial charge < -0.3 is 20.1 Å². The van der Waals surface area contributed by atoms with Crippen molar-refractivity contribution in [3.05, 3.63) is 0 Å². The quantitative estimate of drug-likeness (QED) is 0.444. The Hall–Kier alpha value is -1.64. The summed E-state index contributed by atoms with van der Waals surface area (Å²) in [5.41, 5.74) is -0.443. The van der Waals surface area contributed by atoms with Crippen molar-refractivity contribution in [2.24, 2.45) is 5.92 Å². The lowest BCUT2D eigenvalue weighted by Crippen LogP contribution is -2.53. The highest BCUT2D eigenvalue weighted by Crippen LogP contribution is 2.52. The predicted octanol–water partition coefficient (Wildman–Crippen LogP) is 2.31. The third kappa shape index (κ3) is 6.73. The normalized spacial score (nSPS) is 36.8. The number of carbonyl (C=O) groups excluding carboxylic acids is 2. The Morgan fingerprint density at radius 2 is 1.21 bits per heavy atom. The zero-order valence-corrected chi connectivity index (χ0v) is 18.0. The van der Waals surface area contributed by atoms with E-state index in [0.717, 1.165) is 0 Å². The molecule has 1 unspecified atom stereocenters. The number of rotatable bonds is 10. The predicted molar refractivity (Wildman–Crippen MR) is 99.9 cm³/mol. The lowest BCUT2D eigenvalue weighted by atomic mass is 9.76. The Morgan fingerprint density at radius 1 is 0.735 bits per heavy atom. The maximum Gasteiger partial charge on any atom is 0.522 e. The molecule has 0 spiro atoms. The summed E-state index contributed by atoms with van der Waals surface area (Å²) in [5, 5.41) is 5.76. The fourth-order valence-corrected chi connectivity index (χ4v) is 5.15. The number of hydrogen-bond donors (Lipinski definition) is 2. The molecule has 8 nitrogen and oxygen atoms in total. The molecule has 0 saturated heterocycles. The van der Waals surface area contributed by atoms with E-state index >= 15 is 0 Å². The number of alkyl halides is 6. The van der Waals surface area contributed by atoms with Crippen molar-refractivity contribution in [2.75, 3.05) is 13.2 Å². The van der Waals surface area contributed by atoms with Crippen LogP contribution in [0.15, 0.2) is 0 Å². The highest BCUT2D eigenvalue weighted by atomic mass is 19.4. The Labute approximate surface area is 191 Å². The molecule has 0 aromatic heterocycles. The molecule has 5 fully saturated rings. The van der Waals surface area contributed by atoms with E-state index in [-0.39, 0.29) is 62.7 Å². The number of halogens is 6. The summed E-state index contributed by atoms with van der Waals surface area (Å²) in [4.78, 5) is 24.3. The van der Waals surface area contributed by atoms with E-state index in [1.807, 2.05) is 0 Å². The largest absolute Gasteiger partial charge is 0.522 e. The van der Waals surface area contributed by atoms with Gasteiger partial charge in [-0.3, -0.25) is 19.1 Å². The van der Waals surface area contributed by atoms with Gasteiger partial charge in [-0.05, 0) is 25.2 Å². The van der Waals surface area contributed by atoms with Crippen LogP contribution in [0.4, 0.5) is 26.3 Å². The molecule has 0 aromatic rings. The van der Waals surface area contributed by atoms with Crippen molar-refractivity contribution in [3.63, 3.8) is 0 Å². The van der Waals surface area contributed by atoms with Crippen molar-refractivity contribution >= 4 is 11.8 Å². The molecule has 5 saturated carbocycles. The summed E-state index contributed by atoms with van der Waals surface area (Å²) in [6.07, 6.45) is -9.94. The molecule has 2 amide bonds. The molecule has 194 valence electrons. The van der Waals surface area contributed by atoms with Gasteiger partial charge in [0, 0.05) is 37.3 Å². The van der Waals surface area contributed by atoms with Crippen LogP contribution in [-0.4, -0.2) is 73.7 Å². The first kappa shape index (κ1) is 25.5. The molecular formula is C20H26F6N2O6. The standard InChI is InChI=1S/C20H26F6N2O6/c21-19(22,23)33-13-1-11(2-13)31-8-16(29)27-15-7-18(5-10(15)6-18)28-17(30)9-32-12-3-14(4-12)34-20(24,25)26/h10-15H,1-9H2,(H,27,29)(H,28,30). The van der Waals surface area contributed by atoms with Crippen LogP contribution in [0.25, 0.3) is 0 Å². The van der Waals surface area contributed by atoms with E-state index in [1.165, 1.54) is 0 Å². The Balaban J connectivity index is 1.07. The summed E-state index contributed by atoms with van der Waals surface area (Å²) in [6.45, 7) is -0.526. The van der Waals surface area contributed by atoms with Gasteiger partial charge in [0.25, 0.3) is 0 Å². The van der Waals surface area contributed by atoms with Crippen LogP contribution >= 0.6 is 0 Å². The molecule has 2 N–H and O–H groups in total. The van der Waals surface area contributed by atoms with E-state index in [9.17, 15) is 35.9 Å². The van der Waals surface area contributed by atoms with Gasteiger partial charge >= 0.3 is 12.7 Å². The van der Waals surface area contributed by atoms with Gasteiger partial charge in [0.1, 0.15) is 13.2 Å². The Kier molecular flexibility index (Phi) is 7.06. The van der Waals surface area contributed by atoms with Crippen LogP contribution in [0.1, 0.15) is 44.9 Å². The monoisotopic (exact) mass is 504 g/mol. The second-order valence-corrected chi connectivity index (χ2v) is 9.56. The molecule has 1 atom stereocenters. The van der Waals surface area contributed by atoms with Gasteiger partial charge in [-0.25, -0.2) is 0 Å². The fourth-order valence-electron chi connectivity index (χ4n) is 5.15. The van der Waals surface area contributed by atoms with Crippen LogP contribution in [-0.2, 0) is 28.5 Å². The minimum absolute atomic E-state index is 0.0763. The molecule has 5 rings (SSSR count). The maximum absolute atomic E-state index is 12.2. The number of nitrogens with one attached hydrogen (secondary N) is 2. The van der Waals surface area contributed by atoms with Gasteiger partial charge in [-0.1, -0.05) is 0 Å². The summed E-state index contributed by atoms with van der Waals surface area (Å²) in [6, 6.07) is -0.146. The highest BCUT2D eigenvalue weighted by molar-refractivity contribution is 5.79. The van der Waals surface area contributed by atoms with Gasteiger partial charge in [0.05, 0.1) is 24.4 Å². The second-order valence-electron chi connectivity index (χ2n) is 9.56. The first-order valence-corrected chi connectivity index (χ1v) is 11.1. The topological polar surface area (TPSA) is 95.1 Å². The van der Waals surface area contributed by atoms with E-state index in [4.69, 9.17) is 9.47 Å². The smallest absolute Gasteiger partial charge is 0.368 e. The van der Waals surface area contributed by atoms with Crippen LogP contribution in [0.5, 0.6) is 0 Å². The Morgan fingerprint density at radius 3 is 1.68 bits per heavy atom. The van der Waals surface area contributed by atoms with Crippen LogP contribution in [0.2, 0.25) is 0 Å². The second kappa shape index (κ2) is 9.43. The number of hydrogen-bond acceptors (Lipinski definition) is 6. The van der Waals surface area contributed by atoms with Crippen molar-refractivity contribution in [3.8, 4) is 0 Å². The molecule has 0 radical (unpaired) electrons. The molecule has 2 bridgehead atoms. The SMILES string of the molecule is O=C(COC1CC(OC(F)(F)F)C1)NC1CC2(NC(=O)COC3CC(OC(F)(F)F)C3)CC1C2. The van der Waals surface area contributed by atoms with Gasteiger partial charge in [-0.15, -0.1) is 26.3 Å². The number of ether oxygens (including phenoxy) is 4. The number of carbonyl (C=O) groups is 2. The third-order valence-corrected chi connectivity index (χ3v) is 6.84. The lowest BCUT2D eigenvalue weighted by molar-refractivity contribution is -0.358. The van der Waals surface area contributed by atoms with Crippen molar-refractivity contribution in [1.29, 1.82) is 0 Å². The molecule has 5 aliphatic rings. The van der Waals surface area contributed by atoms with Gasteiger partial charge in [0.15, 0.2) is 0 Å². The minimum atomic E-state index is -4.68. The first-order chi connectivity index (χ1) is 15.8. The van der Waals surface area contributed by atoms with E-state index < -0.39 is 42.7 Å².